The Labute approximate surface area is 139 Å². The smallest absolute Gasteiger partial charge is 0.166 e. The van der Waals surface area contributed by atoms with Gasteiger partial charge in [-0.15, -0.1) is 11.8 Å². The van der Waals surface area contributed by atoms with Gasteiger partial charge in [0.15, 0.2) is 5.65 Å². The van der Waals surface area contributed by atoms with Gasteiger partial charge in [0.2, 0.25) is 0 Å². The van der Waals surface area contributed by atoms with Gasteiger partial charge >= 0.3 is 0 Å². The van der Waals surface area contributed by atoms with E-state index in [1.165, 1.54) is 16.8 Å². The molecule has 3 rings (SSSR count). The van der Waals surface area contributed by atoms with Crippen LogP contribution in [0.3, 0.4) is 0 Å². The van der Waals surface area contributed by atoms with Crippen LogP contribution in [0.1, 0.15) is 25.5 Å². The molecule has 0 aliphatic rings. The van der Waals surface area contributed by atoms with Gasteiger partial charge < -0.3 is 11.1 Å². The molecular weight excluding hydrogens is 306 g/mol. The highest BCUT2D eigenvalue weighted by atomic mass is 32.2. The summed E-state index contributed by atoms with van der Waals surface area (Å²) in [5.41, 5.74) is 7.52. The van der Waals surface area contributed by atoms with Crippen LogP contribution in [0, 0.1) is 0 Å². The average Bonchev–Trinajstić information content (AvgIpc) is 2.55. The third kappa shape index (κ3) is 3.53. The number of fused-ring (bicyclic) bond motifs is 1. The molecule has 0 fully saturated rings. The number of hydrogen-bond donors (Lipinski definition) is 2. The number of nitrogens with zero attached hydrogens (tertiary/aromatic N) is 3. The molecule has 118 valence electrons. The summed E-state index contributed by atoms with van der Waals surface area (Å²) in [5.74, 6) is 2.30. The fourth-order valence-electron chi connectivity index (χ4n) is 2.38. The van der Waals surface area contributed by atoms with Crippen LogP contribution >= 0.6 is 11.8 Å². The van der Waals surface area contributed by atoms with E-state index in [0.29, 0.717) is 11.5 Å². The Kier molecular flexibility index (Phi) is 4.62. The monoisotopic (exact) mass is 325 g/mol. The highest BCUT2D eigenvalue weighted by Gasteiger charge is 2.10. The van der Waals surface area contributed by atoms with Gasteiger partial charge in [0.1, 0.15) is 18.0 Å². The van der Waals surface area contributed by atoms with Crippen molar-refractivity contribution in [2.24, 2.45) is 0 Å². The van der Waals surface area contributed by atoms with Crippen molar-refractivity contribution in [3.05, 3.63) is 48.3 Å². The predicted octanol–water partition coefficient (Wildman–Crippen LogP) is 3.89. The van der Waals surface area contributed by atoms with Crippen molar-refractivity contribution in [3.8, 4) is 0 Å². The molecule has 0 spiro atoms. The summed E-state index contributed by atoms with van der Waals surface area (Å²) in [6, 6.07) is 12.4. The van der Waals surface area contributed by atoms with Crippen molar-refractivity contribution in [2.75, 3.05) is 16.8 Å². The molecule has 1 aromatic carbocycles. The van der Waals surface area contributed by atoms with Crippen molar-refractivity contribution in [2.45, 2.75) is 24.8 Å². The first kappa shape index (κ1) is 15.6. The fourth-order valence-corrected chi connectivity index (χ4v) is 3.04. The number of nitrogens with two attached hydrogens (primary N) is 1. The first-order valence-corrected chi connectivity index (χ1v) is 8.52. The maximum absolute atomic E-state index is 5.71. The molecule has 1 atom stereocenters. The summed E-state index contributed by atoms with van der Waals surface area (Å²) in [7, 11) is 0. The lowest BCUT2D eigenvalue weighted by atomic mass is 10.1. The number of nitrogens with one attached hydrogen (secondary N) is 1. The molecule has 5 nitrogen and oxygen atoms in total. The van der Waals surface area contributed by atoms with E-state index in [1.807, 2.05) is 17.8 Å². The summed E-state index contributed by atoms with van der Waals surface area (Å²) in [4.78, 5) is 14.0. The molecule has 3 aromatic rings. The number of nitrogen functional groups attached to an aromatic ring is 1. The van der Waals surface area contributed by atoms with E-state index >= 15 is 0 Å². The van der Waals surface area contributed by atoms with Crippen LogP contribution in [-0.4, -0.2) is 20.7 Å². The zero-order valence-corrected chi connectivity index (χ0v) is 14.0. The SMILES string of the molecule is CCSc1ccc([C@H](C)Nc2ncnc3nc(N)ccc23)cc1. The summed E-state index contributed by atoms with van der Waals surface area (Å²) >= 11 is 1.84. The summed E-state index contributed by atoms with van der Waals surface area (Å²) in [6.45, 7) is 4.27. The minimum atomic E-state index is 0.131. The third-order valence-electron chi connectivity index (χ3n) is 3.56. The third-order valence-corrected chi connectivity index (χ3v) is 4.46. The van der Waals surface area contributed by atoms with E-state index in [1.54, 1.807) is 6.07 Å². The molecule has 0 bridgehead atoms. The summed E-state index contributed by atoms with van der Waals surface area (Å²) in [5, 5.41) is 4.30. The van der Waals surface area contributed by atoms with Gasteiger partial charge in [0.05, 0.1) is 5.39 Å². The van der Waals surface area contributed by atoms with Crippen LogP contribution in [0.25, 0.3) is 11.0 Å². The molecule has 0 radical (unpaired) electrons. The largest absolute Gasteiger partial charge is 0.384 e. The quantitative estimate of drug-likeness (QED) is 0.693. The number of thioether (sulfide) groups is 1. The zero-order valence-electron chi connectivity index (χ0n) is 13.2. The van der Waals surface area contributed by atoms with Crippen LogP contribution in [0.5, 0.6) is 0 Å². The maximum Gasteiger partial charge on any atom is 0.166 e. The van der Waals surface area contributed by atoms with Crippen molar-refractivity contribution in [3.63, 3.8) is 0 Å². The molecule has 3 N–H and O–H groups in total. The lowest BCUT2D eigenvalue weighted by Gasteiger charge is -2.16. The van der Waals surface area contributed by atoms with Crippen molar-refractivity contribution < 1.29 is 0 Å². The molecule has 0 unspecified atom stereocenters. The van der Waals surface area contributed by atoms with E-state index in [9.17, 15) is 0 Å². The van der Waals surface area contributed by atoms with Gasteiger partial charge in [0.25, 0.3) is 0 Å². The average molecular weight is 325 g/mol. The number of hydrogen-bond acceptors (Lipinski definition) is 6. The van der Waals surface area contributed by atoms with Crippen LogP contribution in [0.15, 0.2) is 47.6 Å². The first-order chi connectivity index (χ1) is 11.2. The zero-order chi connectivity index (χ0) is 16.2. The molecule has 6 heteroatoms. The molecule has 0 aliphatic heterocycles. The van der Waals surface area contributed by atoms with Crippen LogP contribution < -0.4 is 11.1 Å². The van der Waals surface area contributed by atoms with Gasteiger partial charge in [-0.25, -0.2) is 15.0 Å². The molecule has 2 aromatic heterocycles. The van der Waals surface area contributed by atoms with Gasteiger partial charge in [-0.1, -0.05) is 19.1 Å². The predicted molar refractivity (Wildman–Crippen MR) is 96.6 cm³/mol. The standard InChI is InChI=1S/C17H19N5S/c1-3-23-13-6-4-12(5-7-13)11(2)21-16-14-8-9-15(18)22-17(14)20-10-19-16/h4-11H,3H2,1-2H3,(H3,18,19,20,21,22)/t11-/m0/s1. The van der Waals surface area contributed by atoms with Crippen LogP contribution in [0.4, 0.5) is 11.6 Å². The lowest BCUT2D eigenvalue weighted by Crippen LogP contribution is -2.09. The Balaban J connectivity index is 1.83. The Hall–Kier alpha value is -2.34. The Bertz CT molecular complexity index is 804. The Morgan fingerprint density at radius 2 is 1.91 bits per heavy atom. The minimum absolute atomic E-state index is 0.131. The number of benzene rings is 1. The van der Waals surface area contributed by atoms with E-state index in [-0.39, 0.29) is 6.04 Å². The molecule has 0 saturated carbocycles. The molecule has 2 heterocycles. The van der Waals surface area contributed by atoms with E-state index in [4.69, 9.17) is 5.73 Å². The van der Waals surface area contributed by atoms with Gasteiger partial charge in [-0.3, -0.25) is 0 Å². The highest BCUT2D eigenvalue weighted by Crippen LogP contribution is 2.25. The molecular formula is C17H19N5S. The number of rotatable bonds is 5. The molecule has 23 heavy (non-hydrogen) atoms. The van der Waals surface area contributed by atoms with Gasteiger partial charge in [-0.05, 0) is 42.5 Å². The number of pyridine rings is 1. The second-order valence-corrected chi connectivity index (χ2v) is 6.54. The first-order valence-electron chi connectivity index (χ1n) is 7.54. The maximum atomic E-state index is 5.71. The number of aromatic nitrogens is 3. The highest BCUT2D eigenvalue weighted by molar-refractivity contribution is 7.99. The van der Waals surface area contributed by atoms with Gasteiger partial charge in [0, 0.05) is 10.9 Å². The van der Waals surface area contributed by atoms with E-state index in [0.717, 1.165) is 17.0 Å². The van der Waals surface area contributed by atoms with E-state index in [2.05, 4.69) is 58.4 Å². The topological polar surface area (TPSA) is 76.7 Å². The van der Waals surface area contributed by atoms with Crippen molar-refractivity contribution in [1.82, 2.24) is 15.0 Å². The summed E-state index contributed by atoms with van der Waals surface area (Å²) < 4.78 is 0. The second-order valence-electron chi connectivity index (χ2n) is 5.20. The van der Waals surface area contributed by atoms with Crippen LogP contribution in [0.2, 0.25) is 0 Å². The van der Waals surface area contributed by atoms with E-state index < -0.39 is 0 Å². The number of anilines is 2. The fraction of sp³-hybridized carbons (Fsp3) is 0.235. The molecule has 0 saturated heterocycles. The molecule has 0 amide bonds. The van der Waals surface area contributed by atoms with Crippen molar-refractivity contribution >= 4 is 34.4 Å². The minimum Gasteiger partial charge on any atom is -0.384 e. The van der Waals surface area contributed by atoms with Gasteiger partial charge in [-0.2, -0.15) is 0 Å². The van der Waals surface area contributed by atoms with Crippen molar-refractivity contribution in [1.29, 1.82) is 0 Å². The summed E-state index contributed by atoms with van der Waals surface area (Å²) in [6.07, 6.45) is 1.50. The second kappa shape index (κ2) is 6.83. The lowest BCUT2D eigenvalue weighted by molar-refractivity contribution is 0.873. The normalized spacial score (nSPS) is 12.3. The Morgan fingerprint density at radius 3 is 2.65 bits per heavy atom. The Morgan fingerprint density at radius 1 is 1.13 bits per heavy atom. The molecule has 0 aliphatic carbocycles. The van der Waals surface area contributed by atoms with Crippen LogP contribution in [-0.2, 0) is 0 Å².